The van der Waals surface area contributed by atoms with Crippen LogP contribution in [0.15, 0.2) is 5.18 Å². The van der Waals surface area contributed by atoms with Gasteiger partial charge in [0.15, 0.2) is 0 Å². The zero-order chi connectivity index (χ0) is 5.28. The summed E-state index contributed by atoms with van der Waals surface area (Å²) in [7, 11) is 0. The van der Waals surface area contributed by atoms with Gasteiger partial charge in [0.2, 0.25) is 0 Å². The van der Waals surface area contributed by atoms with Crippen molar-refractivity contribution in [3.8, 4) is 0 Å². The summed E-state index contributed by atoms with van der Waals surface area (Å²) >= 11 is 1.68. The summed E-state index contributed by atoms with van der Waals surface area (Å²) in [5.74, 6) is 0. The molecule has 0 amide bonds. The van der Waals surface area contributed by atoms with Crippen molar-refractivity contribution in [2.24, 2.45) is 5.18 Å². The summed E-state index contributed by atoms with van der Waals surface area (Å²) in [5.41, 5.74) is 0. The fourth-order valence-electron chi connectivity index (χ4n) is 0.385. The Kier molecular flexibility index (Phi) is 2.26. The van der Waals surface area contributed by atoms with Gasteiger partial charge in [-0.25, -0.2) is 0 Å². The second kappa shape index (κ2) is 2.56. The minimum absolute atomic E-state index is 0.296. The zero-order valence-electron chi connectivity index (χ0n) is 3.60. The van der Waals surface area contributed by atoms with Crippen molar-refractivity contribution in [1.82, 2.24) is 0 Å². The van der Waals surface area contributed by atoms with Gasteiger partial charge >= 0.3 is 59.4 Å². The maximum atomic E-state index is 9.78. The molecule has 1 heterocycles. The second-order valence-electron chi connectivity index (χ2n) is 1.36. The Labute approximate surface area is 59.0 Å². The number of hydrogen-bond acceptors (Lipinski definition) is 2. The van der Waals surface area contributed by atoms with E-state index in [4.69, 9.17) is 0 Å². The van der Waals surface area contributed by atoms with Crippen molar-refractivity contribution in [2.45, 2.75) is 10.5 Å². The fraction of sp³-hybridized carbons (Fsp3) is 1.00. The van der Waals surface area contributed by atoms with Crippen molar-refractivity contribution >= 4 is 34.5 Å². The molecular formula is C3H5I2NO. The van der Waals surface area contributed by atoms with Crippen molar-refractivity contribution < 1.29 is 0 Å². The summed E-state index contributed by atoms with van der Waals surface area (Å²) in [6.45, 7) is 0. The van der Waals surface area contributed by atoms with E-state index < -0.39 is 15.8 Å². The Balaban J connectivity index is 2.28. The quantitative estimate of drug-likeness (QED) is 0.315. The third kappa shape index (κ3) is 1.24. The van der Waals surface area contributed by atoms with Gasteiger partial charge in [0, 0.05) is 0 Å². The molecule has 1 saturated heterocycles. The van der Waals surface area contributed by atoms with Crippen molar-refractivity contribution in [3.63, 3.8) is 0 Å². The maximum absolute atomic E-state index is 9.78. The Morgan fingerprint density at radius 1 is 1.86 bits per heavy atom. The van der Waals surface area contributed by atoms with Gasteiger partial charge in [-0.3, -0.25) is 0 Å². The molecule has 7 heavy (non-hydrogen) atoms. The fourth-order valence-corrected chi connectivity index (χ4v) is 6.02. The standard InChI is InChI=1S/C3H5I2NO/c4-5-2-1-3(5)6-7/h3H,1-2H2. The number of nitroso groups, excluding NO2 is 1. The van der Waals surface area contributed by atoms with Crippen LogP contribution in [0.2, 0.25) is 0 Å². The van der Waals surface area contributed by atoms with E-state index in [1.165, 1.54) is 4.43 Å². The van der Waals surface area contributed by atoms with Crippen LogP contribution in [-0.4, -0.2) is 8.48 Å². The van der Waals surface area contributed by atoms with E-state index >= 15 is 0 Å². The zero-order valence-corrected chi connectivity index (χ0v) is 7.92. The summed E-state index contributed by atoms with van der Waals surface area (Å²) in [6, 6.07) is 0. The summed E-state index contributed by atoms with van der Waals surface area (Å²) in [5, 5.41) is 2.99. The average Bonchev–Trinajstić information content (AvgIpc) is 1.65. The number of nitrogens with zero attached hydrogens (tertiary/aromatic N) is 1. The normalized spacial score (nSPS) is 34.4. The molecular weight excluding hydrogens is 320 g/mol. The van der Waals surface area contributed by atoms with Gasteiger partial charge in [0.1, 0.15) is 0 Å². The summed E-state index contributed by atoms with van der Waals surface area (Å²) in [4.78, 5) is 9.78. The van der Waals surface area contributed by atoms with Crippen molar-refractivity contribution in [2.75, 3.05) is 4.43 Å². The Bertz CT molecular complexity index is 87.0. The van der Waals surface area contributed by atoms with E-state index in [9.17, 15) is 4.91 Å². The number of halogens is 2. The predicted molar refractivity (Wildman–Crippen MR) is 47.1 cm³/mol. The van der Waals surface area contributed by atoms with Crippen LogP contribution in [-0.2, 0) is 0 Å². The molecule has 1 aliphatic rings. The molecule has 1 unspecified atom stereocenters. The van der Waals surface area contributed by atoms with Crippen molar-refractivity contribution in [3.05, 3.63) is 4.91 Å². The molecule has 1 fully saturated rings. The van der Waals surface area contributed by atoms with Crippen LogP contribution >= 0.6 is 34.5 Å². The molecule has 4 heteroatoms. The third-order valence-electron chi connectivity index (χ3n) is 0.916. The van der Waals surface area contributed by atoms with E-state index in [0.29, 0.717) is 4.05 Å². The molecule has 42 valence electrons. The van der Waals surface area contributed by atoms with Crippen molar-refractivity contribution in [1.29, 1.82) is 0 Å². The van der Waals surface area contributed by atoms with Gasteiger partial charge in [0.05, 0.1) is 0 Å². The summed E-state index contributed by atoms with van der Waals surface area (Å²) in [6.07, 6.45) is 1.08. The summed E-state index contributed by atoms with van der Waals surface area (Å²) < 4.78 is 1.63. The Hall–Kier alpha value is 1.06. The van der Waals surface area contributed by atoms with Gasteiger partial charge in [-0.05, 0) is 0 Å². The molecule has 0 N–H and O–H groups in total. The molecule has 0 saturated carbocycles. The molecule has 0 aromatic rings. The number of hydrogen-bond donors (Lipinski definition) is 0. The van der Waals surface area contributed by atoms with Crippen LogP contribution in [0.3, 0.4) is 0 Å². The van der Waals surface area contributed by atoms with Gasteiger partial charge in [0.25, 0.3) is 0 Å². The van der Waals surface area contributed by atoms with Gasteiger partial charge in [-0.2, -0.15) is 0 Å². The van der Waals surface area contributed by atoms with Gasteiger partial charge in [-0.15, -0.1) is 0 Å². The Morgan fingerprint density at radius 2 is 2.57 bits per heavy atom. The molecule has 0 bridgehead atoms. The molecule has 0 aliphatic carbocycles. The first kappa shape index (κ1) is 6.18. The SMILES string of the molecule is O=NC1CCI1I. The van der Waals surface area contributed by atoms with E-state index in [1.54, 1.807) is 0 Å². The van der Waals surface area contributed by atoms with E-state index in [0.717, 1.165) is 6.42 Å². The minimum atomic E-state index is -0.738. The van der Waals surface area contributed by atoms with Gasteiger partial charge < -0.3 is 0 Å². The van der Waals surface area contributed by atoms with Gasteiger partial charge in [-0.1, -0.05) is 0 Å². The number of rotatable bonds is 1. The molecule has 0 aromatic carbocycles. The first-order valence-corrected chi connectivity index (χ1v) is 11.0. The first-order valence-electron chi connectivity index (χ1n) is 1.98. The van der Waals surface area contributed by atoms with Crippen LogP contribution in [0, 0.1) is 4.91 Å². The molecule has 0 radical (unpaired) electrons. The molecule has 1 rings (SSSR count). The molecule has 1 aliphatic heterocycles. The van der Waals surface area contributed by atoms with E-state index in [-0.39, 0.29) is 0 Å². The molecule has 0 aromatic heterocycles. The molecule has 2 nitrogen and oxygen atoms in total. The average molecular weight is 325 g/mol. The predicted octanol–water partition coefficient (Wildman–Crippen LogP) is 2.34. The molecule has 1 atom stereocenters. The van der Waals surface area contributed by atoms with Crippen LogP contribution in [0.25, 0.3) is 0 Å². The van der Waals surface area contributed by atoms with Crippen LogP contribution in [0.4, 0.5) is 0 Å². The number of alkyl halides is 2. The monoisotopic (exact) mass is 325 g/mol. The molecule has 0 spiro atoms. The Morgan fingerprint density at radius 3 is 2.57 bits per heavy atom. The van der Waals surface area contributed by atoms with Crippen LogP contribution in [0.1, 0.15) is 6.42 Å². The second-order valence-corrected chi connectivity index (χ2v) is 12.8. The third-order valence-corrected chi connectivity index (χ3v) is 11.4. The first-order chi connectivity index (χ1) is 3.34. The van der Waals surface area contributed by atoms with Crippen LogP contribution in [0.5, 0.6) is 0 Å². The van der Waals surface area contributed by atoms with Crippen LogP contribution < -0.4 is 0 Å². The topological polar surface area (TPSA) is 29.4 Å². The van der Waals surface area contributed by atoms with E-state index in [2.05, 4.69) is 23.8 Å². The van der Waals surface area contributed by atoms with E-state index in [1.807, 2.05) is 0 Å².